The molecular formula is C18H36N2O. The van der Waals surface area contributed by atoms with Gasteiger partial charge in [0.1, 0.15) is 0 Å². The molecule has 3 nitrogen and oxygen atoms in total. The van der Waals surface area contributed by atoms with Crippen molar-refractivity contribution in [1.29, 1.82) is 0 Å². The summed E-state index contributed by atoms with van der Waals surface area (Å²) >= 11 is 0. The molecule has 1 saturated carbocycles. The van der Waals surface area contributed by atoms with Crippen LogP contribution in [-0.2, 0) is 4.79 Å². The van der Waals surface area contributed by atoms with Crippen molar-refractivity contribution in [3.8, 4) is 0 Å². The lowest BCUT2D eigenvalue weighted by Crippen LogP contribution is -2.38. The zero-order valence-electron chi connectivity index (χ0n) is 14.6. The van der Waals surface area contributed by atoms with Gasteiger partial charge in [-0.3, -0.25) is 4.79 Å². The zero-order chi connectivity index (χ0) is 15.9. The summed E-state index contributed by atoms with van der Waals surface area (Å²) < 4.78 is 0. The highest BCUT2D eigenvalue weighted by Gasteiger charge is 2.34. The second kappa shape index (κ2) is 8.77. The third kappa shape index (κ3) is 6.82. The minimum absolute atomic E-state index is 0.195. The molecule has 0 unspecified atom stereocenters. The molecule has 21 heavy (non-hydrogen) atoms. The van der Waals surface area contributed by atoms with Gasteiger partial charge in [-0.2, -0.15) is 0 Å². The summed E-state index contributed by atoms with van der Waals surface area (Å²) in [6.07, 6.45) is 8.06. The minimum Gasteiger partial charge on any atom is -0.356 e. The van der Waals surface area contributed by atoms with Gasteiger partial charge in [-0.15, -0.1) is 0 Å². The van der Waals surface area contributed by atoms with Crippen molar-refractivity contribution >= 4 is 5.91 Å². The largest absolute Gasteiger partial charge is 0.356 e. The first-order chi connectivity index (χ1) is 9.87. The molecular weight excluding hydrogens is 260 g/mol. The quantitative estimate of drug-likeness (QED) is 0.681. The Morgan fingerprint density at radius 3 is 2.24 bits per heavy atom. The molecule has 3 N–H and O–H groups in total. The lowest BCUT2D eigenvalue weighted by molar-refractivity contribution is -0.122. The van der Waals surface area contributed by atoms with Crippen LogP contribution in [0.1, 0.15) is 72.6 Å². The van der Waals surface area contributed by atoms with Gasteiger partial charge in [-0.05, 0) is 55.4 Å². The van der Waals surface area contributed by atoms with Gasteiger partial charge >= 0.3 is 0 Å². The van der Waals surface area contributed by atoms with Crippen molar-refractivity contribution in [2.75, 3.05) is 13.1 Å². The van der Waals surface area contributed by atoms with E-state index in [2.05, 4.69) is 33.0 Å². The van der Waals surface area contributed by atoms with E-state index in [9.17, 15) is 4.79 Å². The molecule has 1 atom stereocenters. The van der Waals surface area contributed by atoms with E-state index in [1.165, 1.54) is 32.1 Å². The zero-order valence-corrected chi connectivity index (χ0v) is 14.6. The van der Waals surface area contributed by atoms with Crippen LogP contribution in [0.2, 0.25) is 0 Å². The van der Waals surface area contributed by atoms with Crippen molar-refractivity contribution in [2.24, 2.45) is 28.9 Å². The van der Waals surface area contributed by atoms with Crippen LogP contribution in [0.25, 0.3) is 0 Å². The maximum Gasteiger partial charge on any atom is 0.220 e. The summed E-state index contributed by atoms with van der Waals surface area (Å²) in [6, 6.07) is 0. The Labute approximate surface area is 131 Å². The lowest BCUT2D eigenvalue weighted by Gasteiger charge is -2.31. The highest BCUT2D eigenvalue weighted by Crippen LogP contribution is 2.42. The fourth-order valence-corrected chi connectivity index (χ4v) is 3.99. The van der Waals surface area contributed by atoms with E-state index in [4.69, 9.17) is 5.73 Å². The minimum atomic E-state index is 0.195. The Bertz CT molecular complexity index is 306. The summed E-state index contributed by atoms with van der Waals surface area (Å²) in [5.41, 5.74) is 6.16. The van der Waals surface area contributed by atoms with E-state index >= 15 is 0 Å². The molecule has 0 aromatic rings. The molecule has 3 heteroatoms. The first-order valence-corrected chi connectivity index (χ1v) is 8.83. The normalized spacial score (nSPS) is 19.2. The molecule has 0 spiro atoms. The van der Waals surface area contributed by atoms with Gasteiger partial charge < -0.3 is 11.1 Å². The fourth-order valence-electron chi connectivity index (χ4n) is 3.99. The first kappa shape index (κ1) is 18.5. The third-order valence-corrected chi connectivity index (χ3v) is 4.78. The highest BCUT2D eigenvalue weighted by atomic mass is 16.1. The summed E-state index contributed by atoms with van der Waals surface area (Å²) in [6.45, 7) is 10.4. The summed E-state index contributed by atoms with van der Waals surface area (Å²) in [4.78, 5) is 12.2. The third-order valence-electron chi connectivity index (χ3n) is 4.78. The monoisotopic (exact) mass is 296 g/mol. The van der Waals surface area contributed by atoms with E-state index in [1.54, 1.807) is 0 Å². The number of carbonyl (C=O) groups is 1. The second-order valence-corrected chi connectivity index (χ2v) is 8.02. The number of hydrogen-bond acceptors (Lipinski definition) is 2. The molecule has 1 aliphatic carbocycles. The topological polar surface area (TPSA) is 55.1 Å². The Hall–Kier alpha value is -0.570. The number of hydrogen-bond donors (Lipinski definition) is 2. The van der Waals surface area contributed by atoms with Gasteiger partial charge in [0.2, 0.25) is 5.91 Å². The Morgan fingerprint density at radius 1 is 1.14 bits per heavy atom. The van der Waals surface area contributed by atoms with Crippen molar-refractivity contribution < 1.29 is 4.79 Å². The summed E-state index contributed by atoms with van der Waals surface area (Å²) in [5, 5.41) is 3.21. The van der Waals surface area contributed by atoms with Crippen LogP contribution in [0.15, 0.2) is 0 Å². The maximum atomic E-state index is 12.2. The van der Waals surface area contributed by atoms with Crippen LogP contribution < -0.4 is 11.1 Å². The molecule has 0 aromatic carbocycles. The van der Waals surface area contributed by atoms with Crippen molar-refractivity contribution in [3.63, 3.8) is 0 Å². The standard InChI is InChI=1S/C18H36N2O/c1-14(2)9-16(12-19)10-17(21)20-13-18(11-15(3)4)7-5-6-8-18/h14-16H,5-13,19H2,1-4H3,(H,20,21)/t16-/m0/s1. The number of carbonyl (C=O) groups excluding carboxylic acids is 1. The summed E-state index contributed by atoms with van der Waals surface area (Å²) in [7, 11) is 0. The average Bonchev–Trinajstić information content (AvgIpc) is 2.83. The van der Waals surface area contributed by atoms with E-state index in [0.29, 0.717) is 36.1 Å². The number of rotatable bonds is 9. The van der Waals surface area contributed by atoms with Crippen LogP contribution >= 0.6 is 0 Å². The van der Waals surface area contributed by atoms with E-state index < -0.39 is 0 Å². The van der Waals surface area contributed by atoms with Crippen LogP contribution in [0.3, 0.4) is 0 Å². The molecule has 1 aliphatic rings. The van der Waals surface area contributed by atoms with Crippen LogP contribution in [-0.4, -0.2) is 19.0 Å². The summed E-state index contributed by atoms with van der Waals surface area (Å²) in [5.74, 6) is 1.84. The predicted octanol–water partition coefficient (Wildman–Crippen LogP) is 3.72. The molecule has 0 saturated heterocycles. The molecule has 0 heterocycles. The fraction of sp³-hybridized carbons (Fsp3) is 0.944. The molecule has 0 aromatic heterocycles. The average molecular weight is 296 g/mol. The first-order valence-electron chi connectivity index (χ1n) is 8.83. The van der Waals surface area contributed by atoms with Gasteiger partial charge in [0.15, 0.2) is 0 Å². The smallest absolute Gasteiger partial charge is 0.220 e. The SMILES string of the molecule is CC(C)C[C@H](CN)CC(=O)NCC1(CC(C)C)CCCC1. The number of nitrogens with one attached hydrogen (secondary N) is 1. The van der Waals surface area contributed by atoms with Crippen LogP contribution in [0.4, 0.5) is 0 Å². The molecule has 0 aliphatic heterocycles. The molecule has 1 fully saturated rings. The molecule has 124 valence electrons. The van der Waals surface area contributed by atoms with Crippen molar-refractivity contribution in [3.05, 3.63) is 0 Å². The molecule has 1 rings (SSSR count). The van der Waals surface area contributed by atoms with Gasteiger partial charge in [0.05, 0.1) is 0 Å². The van der Waals surface area contributed by atoms with Crippen molar-refractivity contribution in [2.45, 2.75) is 72.6 Å². The van der Waals surface area contributed by atoms with Crippen molar-refractivity contribution in [1.82, 2.24) is 5.32 Å². The number of nitrogens with two attached hydrogens (primary N) is 1. The van der Waals surface area contributed by atoms with Crippen LogP contribution in [0, 0.1) is 23.2 Å². The molecule has 0 radical (unpaired) electrons. The van der Waals surface area contributed by atoms with Gasteiger partial charge in [0.25, 0.3) is 0 Å². The second-order valence-electron chi connectivity index (χ2n) is 8.02. The molecule has 0 bridgehead atoms. The van der Waals surface area contributed by atoms with E-state index in [-0.39, 0.29) is 5.91 Å². The molecule has 1 amide bonds. The maximum absolute atomic E-state index is 12.2. The Balaban J connectivity index is 2.42. The van der Waals surface area contributed by atoms with E-state index in [1.807, 2.05) is 0 Å². The highest BCUT2D eigenvalue weighted by molar-refractivity contribution is 5.76. The van der Waals surface area contributed by atoms with Crippen LogP contribution in [0.5, 0.6) is 0 Å². The van der Waals surface area contributed by atoms with Gasteiger partial charge in [0, 0.05) is 13.0 Å². The Kier molecular flexibility index (Phi) is 7.72. The van der Waals surface area contributed by atoms with E-state index in [0.717, 1.165) is 13.0 Å². The predicted molar refractivity (Wildman–Crippen MR) is 90.0 cm³/mol. The van der Waals surface area contributed by atoms with Gasteiger partial charge in [-0.25, -0.2) is 0 Å². The Morgan fingerprint density at radius 2 is 1.76 bits per heavy atom. The lowest BCUT2D eigenvalue weighted by atomic mass is 9.78. The van der Waals surface area contributed by atoms with Gasteiger partial charge in [-0.1, -0.05) is 40.5 Å². The number of amides is 1.